The normalized spacial score (nSPS) is 13.6. The van der Waals surface area contributed by atoms with Gasteiger partial charge in [0.2, 0.25) is 0 Å². The smallest absolute Gasteiger partial charge is 0.273 e. The van der Waals surface area contributed by atoms with Gasteiger partial charge in [-0.1, -0.05) is 6.92 Å². The van der Waals surface area contributed by atoms with Gasteiger partial charge in [-0.05, 0) is 13.3 Å². The van der Waals surface area contributed by atoms with Crippen molar-refractivity contribution in [3.63, 3.8) is 0 Å². The first-order valence-corrected chi connectivity index (χ1v) is 7.29. The second-order valence-electron chi connectivity index (χ2n) is 4.09. The average molecular weight is 285 g/mol. The summed E-state index contributed by atoms with van der Waals surface area (Å²) < 4.78 is 26.0. The van der Waals surface area contributed by atoms with Crippen molar-refractivity contribution in [1.29, 1.82) is 0 Å². The van der Waals surface area contributed by atoms with Gasteiger partial charge in [-0.15, -0.1) is 10.2 Å². The molecule has 10 heteroatoms. The summed E-state index contributed by atoms with van der Waals surface area (Å²) in [6.45, 7) is 4.22. The van der Waals surface area contributed by atoms with E-state index in [1.54, 1.807) is 4.68 Å². The van der Waals surface area contributed by atoms with Gasteiger partial charge in [-0.2, -0.15) is 5.10 Å². The number of hydrogen-bond acceptors (Lipinski definition) is 6. The van der Waals surface area contributed by atoms with Crippen LogP contribution in [-0.2, 0) is 16.6 Å². The summed E-state index contributed by atoms with van der Waals surface area (Å²) in [6, 6.07) is -0.281. The van der Waals surface area contributed by atoms with Crippen LogP contribution < -0.4 is 5.14 Å². The van der Waals surface area contributed by atoms with E-state index < -0.39 is 10.0 Å². The first kappa shape index (κ1) is 13.6. The fraction of sp³-hybridized carbons (Fsp3) is 0.556. The van der Waals surface area contributed by atoms with Crippen molar-refractivity contribution < 1.29 is 8.42 Å². The molecular formula is C9H15N7O2S. The first-order chi connectivity index (χ1) is 8.95. The van der Waals surface area contributed by atoms with E-state index in [2.05, 4.69) is 20.3 Å². The second-order valence-corrected chi connectivity index (χ2v) is 5.54. The Balaban J connectivity index is 2.49. The van der Waals surface area contributed by atoms with E-state index in [0.717, 1.165) is 6.42 Å². The van der Waals surface area contributed by atoms with E-state index in [9.17, 15) is 8.42 Å². The largest absolute Gasteiger partial charge is 0.299 e. The van der Waals surface area contributed by atoms with Crippen molar-refractivity contribution in [2.45, 2.75) is 38.0 Å². The van der Waals surface area contributed by atoms with Crippen LogP contribution in [0.4, 0.5) is 0 Å². The molecule has 0 aliphatic carbocycles. The molecule has 0 saturated heterocycles. The van der Waals surface area contributed by atoms with Gasteiger partial charge in [0.05, 0.1) is 0 Å². The van der Waals surface area contributed by atoms with Gasteiger partial charge < -0.3 is 0 Å². The van der Waals surface area contributed by atoms with Gasteiger partial charge in [0.25, 0.3) is 15.2 Å². The van der Waals surface area contributed by atoms with Gasteiger partial charge in [0, 0.05) is 6.54 Å². The molecule has 0 spiro atoms. The van der Waals surface area contributed by atoms with Crippen LogP contribution in [0.5, 0.6) is 0 Å². The Kier molecular flexibility index (Phi) is 3.62. The molecule has 2 aromatic heterocycles. The van der Waals surface area contributed by atoms with Gasteiger partial charge in [-0.25, -0.2) is 23.2 Å². The Morgan fingerprint density at radius 1 is 1.42 bits per heavy atom. The van der Waals surface area contributed by atoms with Crippen molar-refractivity contribution >= 4 is 10.0 Å². The van der Waals surface area contributed by atoms with Crippen LogP contribution in [0.3, 0.4) is 0 Å². The molecule has 2 aromatic rings. The van der Waals surface area contributed by atoms with E-state index in [4.69, 9.17) is 5.14 Å². The first-order valence-electron chi connectivity index (χ1n) is 5.75. The third-order valence-electron chi connectivity index (χ3n) is 2.65. The number of sulfonamides is 1. The number of nitrogens with zero attached hydrogens (tertiary/aromatic N) is 6. The van der Waals surface area contributed by atoms with Gasteiger partial charge in [-0.3, -0.25) is 4.57 Å². The van der Waals surface area contributed by atoms with E-state index >= 15 is 0 Å². The maximum Gasteiger partial charge on any atom is 0.273 e. The summed E-state index contributed by atoms with van der Waals surface area (Å²) in [6.07, 6.45) is 3.67. The fourth-order valence-electron chi connectivity index (χ4n) is 1.79. The second kappa shape index (κ2) is 5.05. The molecule has 0 aliphatic rings. The van der Waals surface area contributed by atoms with Crippen LogP contribution in [0.15, 0.2) is 17.8 Å². The van der Waals surface area contributed by atoms with Crippen molar-refractivity contribution in [2.24, 2.45) is 5.14 Å². The molecule has 2 heterocycles. The van der Waals surface area contributed by atoms with Crippen LogP contribution in [0.25, 0.3) is 0 Å². The predicted octanol–water partition coefficient (Wildman–Crippen LogP) is -0.464. The minimum atomic E-state index is -3.89. The summed E-state index contributed by atoms with van der Waals surface area (Å²) in [5.41, 5.74) is 0. The fourth-order valence-corrected chi connectivity index (χ4v) is 2.44. The summed E-state index contributed by atoms with van der Waals surface area (Å²) >= 11 is 0. The Labute approximate surface area is 110 Å². The average Bonchev–Trinajstić information content (AvgIpc) is 2.96. The Hall–Kier alpha value is -1.81. The SMILES string of the molecule is CCCn1c(C(C)n2cncn2)nnc1S(N)(=O)=O. The molecule has 104 valence electrons. The summed E-state index contributed by atoms with van der Waals surface area (Å²) in [5.74, 6) is 0.483. The molecule has 1 unspecified atom stereocenters. The van der Waals surface area contributed by atoms with E-state index in [0.29, 0.717) is 12.4 Å². The van der Waals surface area contributed by atoms with Crippen molar-refractivity contribution in [1.82, 2.24) is 29.5 Å². The molecule has 1 atom stereocenters. The van der Waals surface area contributed by atoms with Gasteiger partial charge in [0.1, 0.15) is 18.7 Å². The Morgan fingerprint density at radius 2 is 2.16 bits per heavy atom. The molecule has 0 aromatic carbocycles. The minimum absolute atomic E-state index is 0.226. The minimum Gasteiger partial charge on any atom is -0.299 e. The lowest BCUT2D eigenvalue weighted by Crippen LogP contribution is -2.21. The Morgan fingerprint density at radius 3 is 2.68 bits per heavy atom. The quantitative estimate of drug-likeness (QED) is 0.793. The monoisotopic (exact) mass is 285 g/mol. The zero-order valence-electron chi connectivity index (χ0n) is 10.6. The lowest BCUT2D eigenvalue weighted by atomic mass is 10.3. The molecule has 0 amide bonds. The predicted molar refractivity (Wildman–Crippen MR) is 65.5 cm³/mol. The topological polar surface area (TPSA) is 122 Å². The molecule has 2 N–H and O–H groups in total. The van der Waals surface area contributed by atoms with Crippen LogP contribution in [0.2, 0.25) is 0 Å². The van der Waals surface area contributed by atoms with Crippen LogP contribution in [-0.4, -0.2) is 37.9 Å². The standard InChI is InChI=1S/C9H15N7O2S/c1-3-4-15-8(7(2)16-6-11-5-12-16)13-14-9(15)19(10,17)18/h5-7H,3-4H2,1-2H3,(H2,10,17,18). The zero-order chi connectivity index (χ0) is 14.0. The van der Waals surface area contributed by atoms with Gasteiger partial charge in [0.15, 0.2) is 5.82 Å². The van der Waals surface area contributed by atoms with E-state index in [-0.39, 0.29) is 11.2 Å². The number of aromatic nitrogens is 6. The van der Waals surface area contributed by atoms with Crippen molar-refractivity contribution in [3.05, 3.63) is 18.5 Å². The third kappa shape index (κ3) is 2.63. The van der Waals surface area contributed by atoms with E-state index in [1.807, 2.05) is 13.8 Å². The van der Waals surface area contributed by atoms with Crippen molar-refractivity contribution in [2.75, 3.05) is 0 Å². The van der Waals surface area contributed by atoms with Gasteiger partial charge >= 0.3 is 0 Å². The lowest BCUT2D eigenvalue weighted by molar-refractivity contribution is 0.481. The number of nitrogens with two attached hydrogens (primary N) is 1. The van der Waals surface area contributed by atoms with E-state index in [1.165, 1.54) is 17.2 Å². The molecular weight excluding hydrogens is 270 g/mol. The van der Waals surface area contributed by atoms with Crippen LogP contribution >= 0.6 is 0 Å². The molecule has 0 bridgehead atoms. The lowest BCUT2D eigenvalue weighted by Gasteiger charge is -2.13. The molecule has 0 aliphatic heterocycles. The molecule has 19 heavy (non-hydrogen) atoms. The van der Waals surface area contributed by atoms with Crippen molar-refractivity contribution in [3.8, 4) is 0 Å². The maximum atomic E-state index is 11.5. The highest BCUT2D eigenvalue weighted by Gasteiger charge is 2.24. The highest BCUT2D eigenvalue weighted by molar-refractivity contribution is 7.89. The highest BCUT2D eigenvalue weighted by Crippen LogP contribution is 2.17. The summed E-state index contributed by atoms with van der Waals surface area (Å²) in [4.78, 5) is 3.85. The molecule has 9 nitrogen and oxygen atoms in total. The maximum absolute atomic E-state index is 11.5. The highest BCUT2D eigenvalue weighted by atomic mass is 32.2. The Bertz CT molecular complexity index is 646. The number of primary sulfonamides is 1. The number of rotatable bonds is 5. The molecule has 2 rings (SSSR count). The molecule has 0 radical (unpaired) electrons. The third-order valence-corrected chi connectivity index (χ3v) is 3.47. The zero-order valence-corrected chi connectivity index (χ0v) is 11.4. The van der Waals surface area contributed by atoms with Crippen LogP contribution in [0.1, 0.15) is 32.1 Å². The summed E-state index contributed by atoms with van der Waals surface area (Å²) in [5, 5.41) is 16.5. The summed E-state index contributed by atoms with van der Waals surface area (Å²) in [7, 11) is -3.89. The van der Waals surface area contributed by atoms with Crippen LogP contribution in [0, 0.1) is 0 Å². The number of hydrogen-bond donors (Lipinski definition) is 1. The molecule has 0 fully saturated rings. The molecule has 0 saturated carbocycles.